The number of likely N-dealkylation sites (tertiary alicyclic amines) is 2. The molecule has 3 rings (SSSR count). The Bertz CT molecular complexity index is 656. The van der Waals surface area contributed by atoms with E-state index in [0.29, 0.717) is 12.5 Å². The number of guanidine groups is 1. The molecule has 2 heterocycles. The Balaban J connectivity index is 1.36. The normalized spacial score (nSPS) is 21.4. The number of ether oxygens (including phenoxy) is 1. The van der Waals surface area contributed by atoms with E-state index in [1.165, 1.54) is 18.5 Å². The van der Waals surface area contributed by atoms with Crippen LogP contribution >= 0.6 is 0 Å². The number of aliphatic imine (C=N–C) groups is 1. The minimum absolute atomic E-state index is 0.0392. The van der Waals surface area contributed by atoms with Gasteiger partial charge in [-0.1, -0.05) is 30.3 Å². The van der Waals surface area contributed by atoms with Gasteiger partial charge in [0, 0.05) is 39.8 Å². The molecule has 2 aliphatic rings. The molecule has 6 heteroatoms. The van der Waals surface area contributed by atoms with Gasteiger partial charge >= 0.3 is 5.97 Å². The summed E-state index contributed by atoms with van der Waals surface area (Å²) in [5, 5.41) is 3.58. The van der Waals surface area contributed by atoms with Gasteiger partial charge in [-0.05, 0) is 50.6 Å². The molecular formula is C23H36N4O2. The molecule has 0 amide bonds. The SMILES string of the molecule is CCOC(=O)C1CCN(C(=NC)NCC2CCN(CCc3ccccc3)C2)CC1. The van der Waals surface area contributed by atoms with E-state index < -0.39 is 0 Å². The topological polar surface area (TPSA) is 57.2 Å². The highest BCUT2D eigenvalue weighted by Gasteiger charge is 2.28. The van der Waals surface area contributed by atoms with Crippen molar-refractivity contribution in [1.29, 1.82) is 0 Å². The Kier molecular flexibility index (Phi) is 8.35. The number of piperidine rings is 1. The molecule has 1 atom stereocenters. The van der Waals surface area contributed by atoms with E-state index in [9.17, 15) is 4.79 Å². The van der Waals surface area contributed by atoms with Crippen molar-refractivity contribution < 1.29 is 9.53 Å². The lowest BCUT2D eigenvalue weighted by Gasteiger charge is -2.33. The summed E-state index contributed by atoms with van der Waals surface area (Å²) in [5.74, 6) is 1.63. The average Bonchev–Trinajstić information content (AvgIpc) is 3.22. The largest absolute Gasteiger partial charge is 0.466 e. The number of carbonyl (C=O) groups is 1. The van der Waals surface area contributed by atoms with E-state index in [0.717, 1.165) is 57.9 Å². The maximum atomic E-state index is 11.9. The Hall–Kier alpha value is -2.08. The highest BCUT2D eigenvalue weighted by Crippen LogP contribution is 2.20. The molecular weight excluding hydrogens is 364 g/mol. The van der Waals surface area contributed by atoms with Crippen molar-refractivity contribution in [3.63, 3.8) is 0 Å². The lowest BCUT2D eigenvalue weighted by atomic mass is 9.97. The summed E-state index contributed by atoms with van der Waals surface area (Å²) >= 11 is 0. The molecule has 2 aliphatic heterocycles. The van der Waals surface area contributed by atoms with Crippen LogP contribution in [-0.4, -0.2) is 74.7 Å². The van der Waals surface area contributed by atoms with Gasteiger partial charge in [-0.25, -0.2) is 0 Å². The molecule has 0 spiro atoms. The van der Waals surface area contributed by atoms with Crippen LogP contribution in [0, 0.1) is 11.8 Å². The second-order valence-electron chi connectivity index (χ2n) is 8.13. The summed E-state index contributed by atoms with van der Waals surface area (Å²) < 4.78 is 5.17. The summed E-state index contributed by atoms with van der Waals surface area (Å²) in [4.78, 5) is 21.3. The van der Waals surface area contributed by atoms with E-state index in [2.05, 4.69) is 50.4 Å². The Morgan fingerprint density at radius 1 is 1.17 bits per heavy atom. The zero-order valence-electron chi connectivity index (χ0n) is 18.0. The van der Waals surface area contributed by atoms with Crippen LogP contribution in [0.15, 0.2) is 35.3 Å². The van der Waals surface area contributed by atoms with E-state index >= 15 is 0 Å². The van der Waals surface area contributed by atoms with Crippen molar-refractivity contribution in [1.82, 2.24) is 15.1 Å². The fourth-order valence-electron chi connectivity index (χ4n) is 4.37. The third kappa shape index (κ3) is 6.46. The number of hydrogen-bond donors (Lipinski definition) is 1. The van der Waals surface area contributed by atoms with Crippen molar-refractivity contribution in [3.05, 3.63) is 35.9 Å². The number of hydrogen-bond acceptors (Lipinski definition) is 4. The smallest absolute Gasteiger partial charge is 0.309 e. The molecule has 2 saturated heterocycles. The Labute approximate surface area is 175 Å². The van der Waals surface area contributed by atoms with Crippen LogP contribution in [0.1, 0.15) is 31.7 Å². The predicted molar refractivity (Wildman–Crippen MR) is 117 cm³/mol. The molecule has 1 aromatic carbocycles. The van der Waals surface area contributed by atoms with E-state index in [4.69, 9.17) is 4.74 Å². The van der Waals surface area contributed by atoms with E-state index in [-0.39, 0.29) is 11.9 Å². The number of carbonyl (C=O) groups excluding carboxylic acids is 1. The Morgan fingerprint density at radius 3 is 2.62 bits per heavy atom. The summed E-state index contributed by atoms with van der Waals surface area (Å²) in [6.45, 7) is 8.48. The second kappa shape index (κ2) is 11.2. The molecule has 1 unspecified atom stereocenters. The molecule has 0 bridgehead atoms. The first kappa shape index (κ1) is 21.6. The number of nitrogens with one attached hydrogen (secondary N) is 1. The van der Waals surface area contributed by atoms with Crippen molar-refractivity contribution in [2.75, 3.05) is 52.9 Å². The zero-order valence-corrected chi connectivity index (χ0v) is 18.0. The molecule has 0 aliphatic carbocycles. The number of benzene rings is 1. The summed E-state index contributed by atoms with van der Waals surface area (Å²) in [6.07, 6.45) is 4.05. The first-order valence-corrected chi connectivity index (χ1v) is 11.1. The third-order valence-electron chi connectivity index (χ3n) is 6.10. The van der Waals surface area contributed by atoms with Gasteiger partial charge in [-0.2, -0.15) is 0 Å². The highest BCUT2D eigenvalue weighted by molar-refractivity contribution is 5.80. The van der Waals surface area contributed by atoms with Crippen LogP contribution in [0.5, 0.6) is 0 Å². The maximum Gasteiger partial charge on any atom is 0.309 e. The van der Waals surface area contributed by atoms with Crippen LogP contribution in [0.2, 0.25) is 0 Å². The standard InChI is InChI=1S/C23H36N4O2/c1-3-29-22(28)21-11-15-27(16-12-21)23(24-2)25-17-20-10-14-26(18-20)13-9-19-7-5-4-6-8-19/h4-8,20-21H,3,9-18H2,1-2H3,(H,24,25). The van der Waals surface area contributed by atoms with Gasteiger partial charge in [0.15, 0.2) is 5.96 Å². The minimum Gasteiger partial charge on any atom is -0.466 e. The van der Waals surface area contributed by atoms with Gasteiger partial charge in [0.25, 0.3) is 0 Å². The molecule has 0 aromatic heterocycles. The van der Waals surface area contributed by atoms with Crippen LogP contribution < -0.4 is 5.32 Å². The van der Waals surface area contributed by atoms with Crippen LogP contribution in [0.4, 0.5) is 0 Å². The third-order valence-corrected chi connectivity index (χ3v) is 6.10. The molecule has 2 fully saturated rings. The summed E-state index contributed by atoms with van der Waals surface area (Å²) in [5.41, 5.74) is 1.42. The van der Waals surface area contributed by atoms with Crippen LogP contribution in [0.3, 0.4) is 0 Å². The van der Waals surface area contributed by atoms with Gasteiger partial charge in [0.1, 0.15) is 0 Å². The lowest BCUT2D eigenvalue weighted by molar-refractivity contribution is -0.149. The molecule has 0 radical (unpaired) electrons. The van der Waals surface area contributed by atoms with Gasteiger partial charge in [0.2, 0.25) is 0 Å². The first-order chi connectivity index (χ1) is 14.2. The molecule has 1 N–H and O–H groups in total. The highest BCUT2D eigenvalue weighted by atomic mass is 16.5. The first-order valence-electron chi connectivity index (χ1n) is 11.1. The van der Waals surface area contributed by atoms with Gasteiger partial charge < -0.3 is 19.9 Å². The summed E-state index contributed by atoms with van der Waals surface area (Å²) in [7, 11) is 1.85. The van der Waals surface area contributed by atoms with Gasteiger partial charge in [-0.15, -0.1) is 0 Å². The van der Waals surface area contributed by atoms with E-state index in [1.807, 2.05) is 14.0 Å². The van der Waals surface area contributed by atoms with Crippen molar-refractivity contribution in [2.45, 2.75) is 32.6 Å². The number of rotatable bonds is 7. The minimum atomic E-state index is -0.0448. The van der Waals surface area contributed by atoms with Crippen molar-refractivity contribution in [3.8, 4) is 0 Å². The number of nitrogens with zero attached hydrogens (tertiary/aromatic N) is 3. The average molecular weight is 401 g/mol. The fourth-order valence-corrected chi connectivity index (χ4v) is 4.37. The van der Waals surface area contributed by atoms with Crippen LogP contribution in [-0.2, 0) is 16.0 Å². The Morgan fingerprint density at radius 2 is 1.93 bits per heavy atom. The monoisotopic (exact) mass is 400 g/mol. The lowest BCUT2D eigenvalue weighted by Crippen LogP contribution is -2.47. The predicted octanol–water partition coefficient (Wildman–Crippen LogP) is 2.40. The molecule has 1 aromatic rings. The van der Waals surface area contributed by atoms with Gasteiger partial charge in [-0.3, -0.25) is 9.79 Å². The summed E-state index contributed by atoms with van der Waals surface area (Å²) in [6, 6.07) is 10.7. The quantitative estimate of drug-likeness (QED) is 0.433. The zero-order chi connectivity index (χ0) is 20.5. The molecule has 160 valence electrons. The fraction of sp³-hybridized carbons (Fsp3) is 0.652. The molecule has 0 saturated carbocycles. The van der Waals surface area contributed by atoms with Gasteiger partial charge in [0.05, 0.1) is 12.5 Å². The van der Waals surface area contributed by atoms with E-state index in [1.54, 1.807) is 0 Å². The van der Waals surface area contributed by atoms with Crippen LogP contribution in [0.25, 0.3) is 0 Å². The van der Waals surface area contributed by atoms with Crippen molar-refractivity contribution in [2.24, 2.45) is 16.8 Å². The molecule has 29 heavy (non-hydrogen) atoms. The number of esters is 1. The van der Waals surface area contributed by atoms with Crippen molar-refractivity contribution >= 4 is 11.9 Å². The second-order valence-corrected chi connectivity index (χ2v) is 8.13. The molecule has 6 nitrogen and oxygen atoms in total. The maximum absolute atomic E-state index is 11.9.